The van der Waals surface area contributed by atoms with Crippen LogP contribution in [-0.4, -0.2) is 16.5 Å². The summed E-state index contributed by atoms with van der Waals surface area (Å²) in [5.74, 6) is 2.49. The maximum Gasteiger partial charge on any atom is 0.139 e. The van der Waals surface area contributed by atoms with E-state index in [1.807, 2.05) is 6.08 Å². The molecule has 0 spiro atoms. The minimum atomic E-state index is -0.577. The van der Waals surface area contributed by atoms with E-state index >= 15 is 0 Å². The maximum absolute atomic E-state index is 12.5. The molecule has 24 heavy (non-hydrogen) atoms. The number of hydrogen-bond acceptors (Lipinski definition) is 2. The van der Waals surface area contributed by atoms with E-state index in [0.717, 1.165) is 44.9 Å². The minimum absolute atomic E-state index is 0.0406. The SMILES string of the molecule is C=CCC1(O)CCC2(C)C(=CCC3C4CCC(=O)C4(C)CCC32)C1. The van der Waals surface area contributed by atoms with E-state index in [2.05, 4.69) is 26.5 Å². The molecule has 4 rings (SSSR count). The first kappa shape index (κ1) is 16.6. The van der Waals surface area contributed by atoms with Crippen LogP contribution < -0.4 is 0 Å². The predicted molar refractivity (Wildman–Crippen MR) is 96.5 cm³/mol. The Morgan fingerprint density at radius 1 is 1.21 bits per heavy atom. The van der Waals surface area contributed by atoms with Crippen molar-refractivity contribution in [1.29, 1.82) is 0 Å². The van der Waals surface area contributed by atoms with Crippen molar-refractivity contribution in [2.75, 3.05) is 0 Å². The lowest BCUT2D eigenvalue weighted by molar-refractivity contribution is -0.132. The molecule has 2 nitrogen and oxygen atoms in total. The standard InChI is InChI=1S/C22H32O2/c1-4-10-22(24)13-12-20(2)15(14-22)5-6-16-17-7-8-19(23)21(17,3)11-9-18(16)20/h4-5,16-18,24H,1,6-14H2,2-3H3. The molecule has 4 aliphatic carbocycles. The first-order chi connectivity index (χ1) is 11.3. The van der Waals surface area contributed by atoms with Crippen LogP contribution >= 0.6 is 0 Å². The predicted octanol–water partition coefficient (Wildman–Crippen LogP) is 4.83. The zero-order chi connectivity index (χ0) is 17.2. The molecule has 0 saturated heterocycles. The number of fused-ring (bicyclic) bond motifs is 5. The van der Waals surface area contributed by atoms with Crippen molar-refractivity contribution in [3.8, 4) is 0 Å². The van der Waals surface area contributed by atoms with Crippen molar-refractivity contribution < 1.29 is 9.90 Å². The number of aliphatic hydroxyl groups is 1. The van der Waals surface area contributed by atoms with Gasteiger partial charge >= 0.3 is 0 Å². The lowest BCUT2D eigenvalue weighted by atomic mass is 9.47. The summed E-state index contributed by atoms with van der Waals surface area (Å²) in [4.78, 5) is 12.5. The van der Waals surface area contributed by atoms with E-state index in [0.29, 0.717) is 30.0 Å². The van der Waals surface area contributed by atoms with Gasteiger partial charge in [0, 0.05) is 11.8 Å². The van der Waals surface area contributed by atoms with Crippen LogP contribution in [0.15, 0.2) is 24.3 Å². The van der Waals surface area contributed by atoms with Crippen molar-refractivity contribution in [3.05, 3.63) is 24.3 Å². The molecule has 2 heteroatoms. The minimum Gasteiger partial charge on any atom is -0.389 e. The highest BCUT2D eigenvalue weighted by atomic mass is 16.3. The highest BCUT2D eigenvalue weighted by Gasteiger charge is 2.59. The second-order valence-corrected chi connectivity index (χ2v) is 9.57. The first-order valence-electron chi connectivity index (χ1n) is 9.88. The number of Topliss-reactive ketones (excluding diaryl/α,β-unsaturated/α-hetero) is 1. The van der Waals surface area contributed by atoms with Gasteiger partial charge in [-0.05, 0) is 74.5 Å². The van der Waals surface area contributed by atoms with Crippen molar-refractivity contribution in [2.24, 2.45) is 28.6 Å². The fourth-order valence-corrected chi connectivity index (χ4v) is 6.93. The fraction of sp³-hybridized carbons (Fsp3) is 0.773. The van der Waals surface area contributed by atoms with Crippen LogP contribution in [-0.2, 0) is 4.79 Å². The molecule has 1 N–H and O–H groups in total. The number of ketones is 1. The molecule has 0 aromatic carbocycles. The Morgan fingerprint density at radius 3 is 2.71 bits per heavy atom. The second kappa shape index (κ2) is 5.30. The average Bonchev–Trinajstić information content (AvgIpc) is 2.84. The van der Waals surface area contributed by atoms with Gasteiger partial charge in [-0.3, -0.25) is 4.79 Å². The average molecular weight is 328 g/mol. The van der Waals surface area contributed by atoms with E-state index in [1.54, 1.807) is 0 Å². The van der Waals surface area contributed by atoms with Gasteiger partial charge < -0.3 is 5.11 Å². The van der Waals surface area contributed by atoms with Gasteiger partial charge in [-0.2, -0.15) is 0 Å². The Kier molecular flexibility index (Phi) is 3.66. The molecule has 3 saturated carbocycles. The summed E-state index contributed by atoms with van der Waals surface area (Å²) in [5.41, 5.74) is 1.11. The Hall–Kier alpha value is -0.890. The molecular weight excluding hydrogens is 296 g/mol. The van der Waals surface area contributed by atoms with Crippen molar-refractivity contribution >= 4 is 5.78 Å². The van der Waals surface area contributed by atoms with Crippen LogP contribution in [0.4, 0.5) is 0 Å². The van der Waals surface area contributed by atoms with Crippen LogP contribution in [0, 0.1) is 28.6 Å². The second-order valence-electron chi connectivity index (χ2n) is 9.57. The lowest BCUT2D eigenvalue weighted by Crippen LogP contribution is -2.52. The molecule has 0 aromatic rings. The molecule has 0 amide bonds. The van der Waals surface area contributed by atoms with Crippen LogP contribution in [0.5, 0.6) is 0 Å². The van der Waals surface area contributed by atoms with Crippen LogP contribution in [0.3, 0.4) is 0 Å². The molecule has 6 unspecified atom stereocenters. The monoisotopic (exact) mass is 328 g/mol. The van der Waals surface area contributed by atoms with Gasteiger partial charge in [-0.1, -0.05) is 31.6 Å². The summed E-state index contributed by atoms with van der Waals surface area (Å²) in [6.07, 6.45) is 13.1. The molecule has 0 bridgehead atoms. The maximum atomic E-state index is 12.5. The van der Waals surface area contributed by atoms with E-state index < -0.39 is 5.60 Å². The van der Waals surface area contributed by atoms with Gasteiger partial charge in [0.2, 0.25) is 0 Å². The number of allylic oxidation sites excluding steroid dienone is 1. The molecule has 6 atom stereocenters. The normalized spacial score (nSPS) is 50.5. The lowest BCUT2D eigenvalue weighted by Gasteiger charge is -2.58. The molecule has 0 radical (unpaired) electrons. The van der Waals surface area contributed by atoms with Crippen LogP contribution in [0.1, 0.15) is 71.6 Å². The molecule has 3 fully saturated rings. The molecular formula is C22H32O2. The third-order valence-electron chi connectivity index (χ3n) is 8.49. The fourth-order valence-electron chi connectivity index (χ4n) is 6.93. The Balaban J connectivity index is 1.64. The van der Waals surface area contributed by atoms with Gasteiger partial charge in [-0.25, -0.2) is 0 Å². The van der Waals surface area contributed by atoms with Crippen LogP contribution in [0.25, 0.3) is 0 Å². The van der Waals surface area contributed by atoms with E-state index in [9.17, 15) is 9.90 Å². The van der Waals surface area contributed by atoms with Crippen molar-refractivity contribution in [1.82, 2.24) is 0 Å². The van der Waals surface area contributed by atoms with Crippen molar-refractivity contribution in [3.63, 3.8) is 0 Å². The highest BCUT2D eigenvalue weighted by Crippen LogP contribution is 2.64. The molecule has 0 aromatic heterocycles. The summed E-state index contributed by atoms with van der Waals surface area (Å²) in [5, 5.41) is 10.9. The third kappa shape index (κ3) is 2.14. The zero-order valence-corrected chi connectivity index (χ0v) is 15.3. The van der Waals surface area contributed by atoms with E-state index in [-0.39, 0.29) is 10.8 Å². The molecule has 0 heterocycles. The van der Waals surface area contributed by atoms with Gasteiger partial charge in [0.05, 0.1) is 5.60 Å². The van der Waals surface area contributed by atoms with Gasteiger partial charge in [0.15, 0.2) is 0 Å². The highest BCUT2D eigenvalue weighted by molar-refractivity contribution is 5.87. The van der Waals surface area contributed by atoms with Crippen LogP contribution in [0.2, 0.25) is 0 Å². The summed E-state index contributed by atoms with van der Waals surface area (Å²) in [6, 6.07) is 0. The van der Waals surface area contributed by atoms with Gasteiger partial charge in [0.1, 0.15) is 5.78 Å². The molecule has 0 aliphatic heterocycles. The largest absolute Gasteiger partial charge is 0.389 e. The summed E-state index contributed by atoms with van der Waals surface area (Å²) >= 11 is 0. The Bertz CT molecular complexity index is 605. The third-order valence-corrected chi connectivity index (χ3v) is 8.49. The van der Waals surface area contributed by atoms with E-state index in [1.165, 1.54) is 12.0 Å². The number of rotatable bonds is 2. The summed E-state index contributed by atoms with van der Waals surface area (Å²) < 4.78 is 0. The van der Waals surface area contributed by atoms with Gasteiger partial charge in [0.25, 0.3) is 0 Å². The number of hydrogen-bond donors (Lipinski definition) is 1. The van der Waals surface area contributed by atoms with Crippen molar-refractivity contribution in [2.45, 2.75) is 77.2 Å². The zero-order valence-electron chi connectivity index (χ0n) is 15.3. The quantitative estimate of drug-likeness (QED) is 0.738. The Morgan fingerprint density at radius 2 is 1.96 bits per heavy atom. The van der Waals surface area contributed by atoms with E-state index in [4.69, 9.17) is 0 Å². The Labute approximate surface area is 146 Å². The molecule has 132 valence electrons. The number of carbonyl (C=O) groups excluding carboxylic acids is 1. The number of carbonyl (C=O) groups is 1. The van der Waals surface area contributed by atoms with Gasteiger partial charge in [-0.15, -0.1) is 6.58 Å². The smallest absolute Gasteiger partial charge is 0.139 e. The first-order valence-corrected chi connectivity index (χ1v) is 9.88. The molecule has 4 aliphatic rings. The summed E-state index contributed by atoms with van der Waals surface area (Å²) in [6.45, 7) is 8.52. The summed E-state index contributed by atoms with van der Waals surface area (Å²) in [7, 11) is 0. The topological polar surface area (TPSA) is 37.3 Å².